The quantitative estimate of drug-likeness (QED) is 0.720. The van der Waals surface area contributed by atoms with E-state index in [1.54, 1.807) is 12.1 Å². The van der Waals surface area contributed by atoms with E-state index in [2.05, 4.69) is 22.8 Å². The molecule has 6 nitrogen and oxygen atoms in total. The molecule has 2 amide bonds. The van der Waals surface area contributed by atoms with Gasteiger partial charge in [-0.15, -0.1) is 0 Å². The molecule has 3 rings (SSSR count). The summed E-state index contributed by atoms with van der Waals surface area (Å²) in [5, 5.41) is 5.85. The molecule has 0 heterocycles. The number of esters is 1. The summed E-state index contributed by atoms with van der Waals surface area (Å²) in [4.78, 5) is 24.2. The Hall–Kier alpha value is -3.02. The maximum absolute atomic E-state index is 12.3. The van der Waals surface area contributed by atoms with E-state index in [9.17, 15) is 9.59 Å². The van der Waals surface area contributed by atoms with Gasteiger partial charge < -0.3 is 20.1 Å². The molecule has 0 saturated heterocycles. The van der Waals surface area contributed by atoms with E-state index < -0.39 is 5.97 Å². The van der Waals surface area contributed by atoms with Gasteiger partial charge in [0.1, 0.15) is 11.3 Å². The highest BCUT2D eigenvalue weighted by molar-refractivity contribution is 5.92. The van der Waals surface area contributed by atoms with Crippen LogP contribution >= 0.6 is 0 Å². The minimum atomic E-state index is -0.474. The Balaban J connectivity index is 1.57. The number of methoxy groups -OCH3 is 2. The molecule has 0 bridgehead atoms. The molecule has 6 heteroatoms. The van der Waals surface area contributed by atoms with Gasteiger partial charge in [-0.3, -0.25) is 0 Å². The van der Waals surface area contributed by atoms with E-state index in [4.69, 9.17) is 9.47 Å². The summed E-state index contributed by atoms with van der Waals surface area (Å²) in [5.74, 6) is -0.0345. The van der Waals surface area contributed by atoms with Crippen LogP contribution in [0.3, 0.4) is 0 Å². The molecule has 0 aliphatic heterocycles. The number of hydrogen-bond acceptors (Lipinski definition) is 4. The van der Waals surface area contributed by atoms with Crippen LogP contribution in [0.4, 0.5) is 4.79 Å². The lowest BCUT2D eigenvalue weighted by Gasteiger charge is -2.42. The van der Waals surface area contributed by atoms with Crippen molar-refractivity contribution in [2.24, 2.45) is 0 Å². The first-order valence-electron chi connectivity index (χ1n) is 9.40. The standard InChI is InChI=1S/C22H26N2O4/c1-27-19-10-9-16(13-18(19)20(25)28-2)14-23-21(26)24-15-22(11-6-12-22)17-7-4-3-5-8-17/h3-5,7-10,13H,6,11-12,14-15H2,1-2H3,(H2,23,24,26). The van der Waals surface area contributed by atoms with Crippen molar-refractivity contribution < 1.29 is 19.1 Å². The zero-order valence-electron chi connectivity index (χ0n) is 16.3. The number of amides is 2. The van der Waals surface area contributed by atoms with Crippen LogP contribution in [0.25, 0.3) is 0 Å². The molecule has 148 valence electrons. The third kappa shape index (κ3) is 4.27. The topological polar surface area (TPSA) is 76.7 Å². The Labute approximate surface area is 165 Å². The van der Waals surface area contributed by atoms with Gasteiger partial charge in [0.05, 0.1) is 14.2 Å². The Morgan fingerprint density at radius 1 is 1.04 bits per heavy atom. The lowest BCUT2D eigenvalue weighted by Crippen LogP contribution is -2.48. The first-order chi connectivity index (χ1) is 13.6. The van der Waals surface area contributed by atoms with Crippen LogP contribution in [0.2, 0.25) is 0 Å². The molecule has 0 spiro atoms. The Morgan fingerprint density at radius 3 is 2.39 bits per heavy atom. The summed E-state index contributed by atoms with van der Waals surface area (Å²) in [6, 6.07) is 15.3. The zero-order valence-corrected chi connectivity index (χ0v) is 16.3. The smallest absolute Gasteiger partial charge is 0.341 e. The highest BCUT2D eigenvalue weighted by Gasteiger charge is 2.38. The SMILES string of the molecule is COC(=O)c1cc(CNC(=O)NCC2(c3ccccc3)CCC2)ccc1OC. The van der Waals surface area contributed by atoms with Crippen molar-refractivity contribution in [1.82, 2.24) is 10.6 Å². The summed E-state index contributed by atoms with van der Waals surface area (Å²) < 4.78 is 9.96. The third-order valence-corrected chi connectivity index (χ3v) is 5.41. The normalized spacial score (nSPS) is 14.5. The maximum atomic E-state index is 12.3. The van der Waals surface area contributed by atoms with Crippen molar-refractivity contribution in [3.05, 3.63) is 65.2 Å². The monoisotopic (exact) mass is 382 g/mol. The van der Waals surface area contributed by atoms with Gasteiger partial charge >= 0.3 is 12.0 Å². The molecule has 2 N–H and O–H groups in total. The van der Waals surface area contributed by atoms with Crippen LogP contribution < -0.4 is 15.4 Å². The molecular formula is C22H26N2O4. The lowest BCUT2D eigenvalue weighted by atomic mass is 9.64. The molecule has 1 saturated carbocycles. The van der Waals surface area contributed by atoms with Crippen molar-refractivity contribution in [3.8, 4) is 5.75 Å². The van der Waals surface area contributed by atoms with E-state index >= 15 is 0 Å². The van der Waals surface area contributed by atoms with Gasteiger partial charge in [-0.2, -0.15) is 0 Å². The van der Waals surface area contributed by atoms with Gasteiger partial charge in [-0.25, -0.2) is 9.59 Å². The van der Waals surface area contributed by atoms with Gasteiger partial charge in [0, 0.05) is 18.5 Å². The molecule has 1 fully saturated rings. The minimum Gasteiger partial charge on any atom is -0.496 e. The average Bonchev–Trinajstić information content (AvgIpc) is 2.71. The fraction of sp³-hybridized carbons (Fsp3) is 0.364. The van der Waals surface area contributed by atoms with Gasteiger partial charge in [-0.05, 0) is 36.1 Å². The van der Waals surface area contributed by atoms with Gasteiger partial charge in [0.15, 0.2) is 0 Å². The molecule has 0 aromatic heterocycles. The van der Waals surface area contributed by atoms with Crippen LogP contribution in [0.1, 0.15) is 40.7 Å². The molecule has 0 atom stereocenters. The number of nitrogens with one attached hydrogen (secondary N) is 2. The third-order valence-electron chi connectivity index (χ3n) is 5.41. The predicted molar refractivity (Wildman–Crippen MR) is 107 cm³/mol. The molecule has 0 unspecified atom stereocenters. The van der Waals surface area contributed by atoms with Crippen LogP contribution in [-0.2, 0) is 16.7 Å². The number of urea groups is 1. The van der Waals surface area contributed by atoms with Gasteiger partial charge in [-0.1, -0.05) is 42.8 Å². The number of carbonyl (C=O) groups excluding carboxylic acids is 2. The second-order valence-electron chi connectivity index (χ2n) is 7.06. The van der Waals surface area contributed by atoms with Crippen molar-refractivity contribution in [3.63, 3.8) is 0 Å². The average molecular weight is 382 g/mol. The molecule has 28 heavy (non-hydrogen) atoms. The first-order valence-corrected chi connectivity index (χ1v) is 9.40. The lowest BCUT2D eigenvalue weighted by molar-refractivity contribution is 0.0597. The predicted octanol–water partition coefficient (Wildman–Crippen LogP) is 3.40. The number of rotatable bonds is 7. The Bertz CT molecular complexity index is 832. The summed E-state index contributed by atoms with van der Waals surface area (Å²) in [7, 11) is 2.82. The van der Waals surface area contributed by atoms with Crippen molar-refractivity contribution in [1.29, 1.82) is 0 Å². The molecule has 0 radical (unpaired) electrons. The van der Waals surface area contributed by atoms with E-state index in [-0.39, 0.29) is 11.4 Å². The largest absolute Gasteiger partial charge is 0.496 e. The highest BCUT2D eigenvalue weighted by atomic mass is 16.5. The van der Waals surface area contributed by atoms with E-state index in [0.717, 1.165) is 18.4 Å². The van der Waals surface area contributed by atoms with Crippen molar-refractivity contribution >= 4 is 12.0 Å². The summed E-state index contributed by atoms with van der Waals surface area (Å²) in [6.45, 7) is 0.914. The maximum Gasteiger partial charge on any atom is 0.341 e. The van der Waals surface area contributed by atoms with Crippen LogP contribution in [0, 0.1) is 0 Å². The number of benzene rings is 2. The van der Waals surface area contributed by atoms with Gasteiger partial charge in [0.2, 0.25) is 0 Å². The second-order valence-corrected chi connectivity index (χ2v) is 7.06. The fourth-order valence-corrected chi connectivity index (χ4v) is 3.59. The Morgan fingerprint density at radius 2 is 1.79 bits per heavy atom. The first kappa shape index (κ1) is 19.7. The van der Waals surface area contributed by atoms with E-state index in [1.807, 2.05) is 24.3 Å². The molecule has 2 aromatic carbocycles. The molecule has 1 aliphatic carbocycles. The van der Waals surface area contributed by atoms with Crippen molar-refractivity contribution in [2.45, 2.75) is 31.2 Å². The second kappa shape index (κ2) is 8.78. The molecular weight excluding hydrogens is 356 g/mol. The summed E-state index contributed by atoms with van der Waals surface area (Å²) >= 11 is 0. The number of ether oxygens (including phenoxy) is 2. The Kier molecular flexibility index (Phi) is 6.19. The van der Waals surface area contributed by atoms with Crippen LogP contribution in [-0.4, -0.2) is 32.8 Å². The fourth-order valence-electron chi connectivity index (χ4n) is 3.59. The van der Waals surface area contributed by atoms with Gasteiger partial charge in [0.25, 0.3) is 0 Å². The number of hydrogen-bond donors (Lipinski definition) is 2. The zero-order chi connectivity index (χ0) is 20.0. The van der Waals surface area contributed by atoms with Crippen LogP contribution in [0.15, 0.2) is 48.5 Å². The highest BCUT2D eigenvalue weighted by Crippen LogP contribution is 2.43. The van der Waals surface area contributed by atoms with Crippen molar-refractivity contribution in [2.75, 3.05) is 20.8 Å². The number of carbonyl (C=O) groups is 2. The van der Waals surface area contributed by atoms with Crippen LogP contribution in [0.5, 0.6) is 5.75 Å². The minimum absolute atomic E-state index is 0.0385. The van der Waals surface area contributed by atoms with E-state index in [0.29, 0.717) is 24.4 Å². The summed E-state index contributed by atoms with van der Waals surface area (Å²) in [6.07, 6.45) is 3.34. The molecule has 2 aromatic rings. The molecule has 1 aliphatic rings. The van der Waals surface area contributed by atoms with E-state index in [1.165, 1.54) is 26.2 Å². The summed E-state index contributed by atoms with van der Waals surface area (Å²) in [5.41, 5.74) is 2.44.